The minimum absolute atomic E-state index is 0.461. The smallest absolute Gasteiger partial charge is 0.102 e. The van der Waals surface area contributed by atoms with E-state index in [-0.39, 0.29) is 0 Å². The highest BCUT2D eigenvalue weighted by molar-refractivity contribution is 7.12. The summed E-state index contributed by atoms with van der Waals surface area (Å²) in [5.74, 6) is 0. The molecular formula is C13H17ClN2OS. The van der Waals surface area contributed by atoms with Crippen LogP contribution in [0.4, 0.5) is 0 Å². The van der Waals surface area contributed by atoms with Gasteiger partial charge in [-0.1, -0.05) is 11.6 Å². The summed E-state index contributed by atoms with van der Waals surface area (Å²) in [6.07, 6.45) is 0.461. The lowest BCUT2D eigenvalue weighted by Crippen LogP contribution is -2.24. The van der Waals surface area contributed by atoms with Crippen LogP contribution in [0.25, 0.3) is 0 Å². The van der Waals surface area contributed by atoms with E-state index >= 15 is 0 Å². The zero-order valence-electron chi connectivity index (χ0n) is 11.0. The summed E-state index contributed by atoms with van der Waals surface area (Å²) in [6.45, 7) is 5.72. The topological polar surface area (TPSA) is 38.1 Å². The van der Waals surface area contributed by atoms with Gasteiger partial charge < -0.3 is 5.11 Å². The lowest BCUT2D eigenvalue weighted by atomic mass is 9.98. The summed E-state index contributed by atoms with van der Waals surface area (Å²) in [5.41, 5.74) is 0.751. The van der Waals surface area contributed by atoms with Crippen molar-refractivity contribution < 1.29 is 5.11 Å². The molecular weight excluding hydrogens is 268 g/mol. The molecule has 0 aliphatic rings. The molecule has 0 bridgehead atoms. The largest absolute Gasteiger partial charge is 0.384 e. The van der Waals surface area contributed by atoms with Crippen molar-refractivity contribution in [3.63, 3.8) is 0 Å². The highest BCUT2D eigenvalue weighted by Crippen LogP contribution is 2.33. The van der Waals surface area contributed by atoms with Gasteiger partial charge >= 0.3 is 0 Å². The van der Waals surface area contributed by atoms with Gasteiger partial charge in [0.25, 0.3) is 0 Å². The van der Waals surface area contributed by atoms with Crippen molar-refractivity contribution in [2.24, 2.45) is 7.05 Å². The Labute approximate surface area is 116 Å². The fourth-order valence-corrected chi connectivity index (χ4v) is 3.15. The Hall–Kier alpha value is -0.840. The predicted octanol–water partition coefficient (Wildman–Crippen LogP) is 3.20. The number of rotatable bonds is 3. The van der Waals surface area contributed by atoms with E-state index in [0.717, 1.165) is 16.3 Å². The number of aliphatic hydroxyl groups is 1. The minimum Gasteiger partial charge on any atom is -0.384 e. The summed E-state index contributed by atoms with van der Waals surface area (Å²) >= 11 is 7.83. The Morgan fingerprint density at radius 3 is 2.56 bits per heavy atom. The molecule has 3 nitrogen and oxygen atoms in total. The molecule has 2 aromatic rings. The highest BCUT2D eigenvalue weighted by Gasteiger charge is 2.28. The van der Waals surface area contributed by atoms with E-state index < -0.39 is 5.60 Å². The molecule has 2 aromatic heterocycles. The molecule has 1 N–H and O–H groups in total. The maximum atomic E-state index is 10.6. The molecule has 1 unspecified atom stereocenters. The normalized spacial score (nSPS) is 14.8. The van der Waals surface area contributed by atoms with Crippen LogP contribution in [-0.2, 0) is 19.1 Å². The van der Waals surface area contributed by atoms with E-state index in [9.17, 15) is 5.11 Å². The first kappa shape index (κ1) is 13.6. The van der Waals surface area contributed by atoms with Crippen LogP contribution in [0.5, 0.6) is 0 Å². The predicted molar refractivity (Wildman–Crippen MR) is 75.3 cm³/mol. The van der Waals surface area contributed by atoms with Gasteiger partial charge in [0.2, 0.25) is 0 Å². The Morgan fingerprint density at radius 1 is 1.44 bits per heavy atom. The average Bonchev–Trinajstić information content (AvgIpc) is 2.80. The lowest BCUT2D eigenvalue weighted by Gasteiger charge is -2.22. The van der Waals surface area contributed by atoms with Crippen molar-refractivity contribution >= 4 is 22.9 Å². The maximum Gasteiger partial charge on any atom is 0.102 e. The van der Waals surface area contributed by atoms with E-state index in [1.807, 2.05) is 40.0 Å². The van der Waals surface area contributed by atoms with Crippen LogP contribution in [0.1, 0.15) is 28.1 Å². The van der Waals surface area contributed by atoms with Crippen molar-refractivity contribution in [3.8, 4) is 0 Å². The molecule has 0 saturated heterocycles. The molecule has 0 spiro atoms. The van der Waals surface area contributed by atoms with E-state index in [1.54, 1.807) is 16.0 Å². The van der Waals surface area contributed by atoms with Crippen LogP contribution in [-0.4, -0.2) is 14.9 Å². The molecule has 0 amide bonds. The van der Waals surface area contributed by atoms with Gasteiger partial charge in [0, 0.05) is 23.2 Å². The highest BCUT2D eigenvalue weighted by atomic mass is 35.5. The molecule has 5 heteroatoms. The number of nitrogens with zero attached hydrogens (tertiary/aromatic N) is 2. The van der Waals surface area contributed by atoms with Gasteiger partial charge in [-0.25, -0.2) is 0 Å². The Kier molecular flexibility index (Phi) is 3.54. The first-order valence-electron chi connectivity index (χ1n) is 5.78. The Bertz CT molecular complexity index is 572. The molecule has 0 aromatic carbocycles. The first-order chi connectivity index (χ1) is 8.31. The number of halogens is 1. The standard InChI is InChI=1S/C13H17ClN2OS/c1-8-5-6-11(18-8)13(3,17)7-10-12(14)9(2)15-16(10)4/h5-6,17H,7H2,1-4H3. The number of hydrogen-bond donors (Lipinski definition) is 1. The number of aryl methyl sites for hydroxylation is 3. The van der Waals surface area contributed by atoms with Crippen LogP contribution >= 0.6 is 22.9 Å². The van der Waals surface area contributed by atoms with Gasteiger partial charge in [-0.15, -0.1) is 11.3 Å². The van der Waals surface area contributed by atoms with Gasteiger partial charge in [-0.2, -0.15) is 5.10 Å². The molecule has 0 fully saturated rings. The lowest BCUT2D eigenvalue weighted by molar-refractivity contribution is 0.0595. The zero-order chi connectivity index (χ0) is 13.5. The van der Waals surface area contributed by atoms with E-state index in [0.29, 0.717) is 11.4 Å². The average molecular weight is 285 g/mol. The van der Waals surface area contributed by atoms with Crippen LogP contribution < -0.4 is 0 Å². The number of aromatic nitrogens is 2. The molecule has 2 rings (SSSR count). The van der Waals surface area contributed by atoms with Gasteiger partial charge in [-0.3, -0.25) is 4.68 Å². The SMILES string of the molecule is Cc1ccc(C(C)(O)Cc2c(Cl)c(C)nn2C)s1. The third-order valence-corrected chi connectivity index (χ3v) is 4.79. The van der Waals surface area contributed by atoms with Crippen molar-refractivity contribution in [2.45, 2.75) is 32.8 Å². The van der Waals surface area contributed by atoms with Crippen LogP contribution in [0.2, 0.25) is 5.02 Å². The minimum atomic E-state index is -0.914. The van der Waals surface area contributed by atoms with Gasteiger partial charge in [0.1, 0.15) is 5.60 Å². The maximum absolute atomic E-state index is 10.6. The first-order valence-corrected chi connectivity index (χ1v) is 6.98. The Morgan fingerprint density at radius 2 is 2.11 bits per heavy atom. The molecule has 0 radical (unpaired) electrons. The van der Waals surface area contributed by atoms with Crippen molar-refractivity contribution in [3.05, 3.63) is 38.3 Å². The third-order valence-electron chi connectivity index (χ3n) is 3.04. The monoisotopic (exact) mass is 284 g/mol. The van der Waals surface area contributed by atoms with Crippen molar-refractivity contribution in [2.75, 3.05) is 0 Å². The van der Waals surface area contributed by atoms with Crippen molar-refractivity contribution in [1.29, 1.82) is 0 Å². The zero-order valence-corrected chi connectivity index (χ0v) is 12.6. The van der Waals surface area contributed by atoms with Crippen LogP contribution in [0.15, 0.2) is 12.1 Å². The second kappa shape index (κ2) is 4.68. The second-order valence-electron chi connectivity index (χ2n) is 4.83. The molecule has 18 heavy (non-hydrogen) atoms. The van der Waals surface area contributed by atoms with Crippen LogP contribution in [0, 0.1) is 13.8 Å². The summed E-state index contributed by atoms with van der Waals surface area (Å²) < 4.78 is 1.74. The quantitative estimate of drug-likeness (QED) is 0.940. The number of thiophene rings is 1. The molecule has 0 saturated carbocycles. The fraction of sp³-hybridized carbons (Fsp3) is 0.462. The molecule has 98 valence electrons. The van der Waals surface area contributed by atoms with Gasteiger partial charge in [-0.05, 0) is 32.9 Å². The molecule has 1 atom stereocenters. The Balaban J connectivity index is 2.33. The number of hydrogen-bond acceptors (Lipinski definition) is 3. The van der Waals surface area contributed by atoms with Gasteiger partial charge in [0.15, 0.2) is 0 Å². The molecule has 2 heterocycles. The second-order valence-corrected chi connectivity index (χ2v) is 6.50. The fourth-order valence-electron chi connectivity index (χ4n) is 2.01. The summed E-state index contributed by atoms with van der Waals surface area (Å²) in [7, 11) is 1.85. The third kappa shape index (κ3) is 2.46. The summed E-state index contributed by atoms with van der Waals surface area (Å²) in [6, 6.07) is 3.99. The van der Waals surface area contributed by atoms with Gasteiger partial charge in [0.05, 0.1) is 16.4 Å². The van der Waals surface area contributed by atoms with Crippen molar-refractivity contribution in [1.82, 2.24) is 9.78 Å². The van der Waals surface area contributed by atoms with Crippen LogP contribution in [0.3, 0.4) is 0 Å². The molecule has 0 aliphatic carbocycles. The summed E-state index contributed by atoms with van der Waals surface area (Å²) in [4.78, 5) is 2.15. The van der Waals surface area contributed by atoms with E-state index in [1.165, 1.54) is 4.88 Å². The van der Waals surface area contributed by atoms with E-state index in [4.69, 9.17) is 11.6 Å². The van der Waals surface area contributed by atoms with E-state index in [2.05, 4.69) is 5.10 Å². The molecule has 0 aliphatic heterocycles. The summed E-state index contributed by atoms with van der Waals surface area (Å²) in [5, 5.41) is 15.5.